The Kier molecular flexibility index (Phi) is 4.90. The van der Waals surface area contributed by atoms with Gasteiger partial charge in [-0.2, -0.15) is 0 Å². The first-order valence-corrected chi connectivity index (χ1v) is 7.29. The lowest BCUT2D eigenvalue weighted by molar-refractivity contribution is -0.384. The van der Waals surface area contributed by atoms with Crippen LogP contribution in [0.3, 0.4) is 0 Å². The van der Waals surface area contributed by atoms with Crippen LogP contribution in [-0.4, -0.2) is 22.9 Å². The Morgan fingerprint density at radius 1 is 1.38 bits per heavy atom. The van der Waals surface area contributed by atoms with Gasteiger partial charge in [-0.15, -0.1) is 0 Å². The van der Waals surface area contributed by atoms with Crippen molar-refractivity contribution >= 4 is 11.6 Å². The highest BCUT2D eigenvalue weighted by atomic mass is 16.6. The number of nitrogens with two attached hydrogens (primary N) is 1. The van der Waals surface area contributed by atoms with Crippen molar-refractivity contribution in [3.8, 4) is 0 Å². The van der Waals surface area contributed by atoms with E-state index in [0.717, 1.165) is 31.2 Å². The van der Waals surface area contributed by atoms with Crippen LogP contribution in [0.2, 0.25) is 0 Å². The Labute approximate surface area is 123 Å². The Morgan fingerprint density at radius 2 is 2.10 bits per heavy atom. The van der Waals surface area contributed by atoms with E-state index in [0.29, 0.717) is 19.4 Å². The van der Waals surface area contributed by atoms with Gasteiger partial charge in [0.15, 0.2) is 0 Å². The number of hydrogen-bond donors (Lipinski definition) is 2. The van der Waals surface area contributed by atoms with Gasteiger partial charge in [0, 0.05) is 25.1 Å². The summed E-state index contributed by atoms with van der Waals surface area (Å²) in [6.07, 6.45) is 4.89. The van der Waals surface area contributed by atoms with Gasteiger partial charge in [0.05, 0.1) is 10.5 Å². The van der Waals surface area contributed by atoms with Crippen LogP contribution in [0.5, 0.6) is 0 Å². The molecule has 114 valence electrons. The van der Waals surface area contributed by atoms with E-state index in [1.165, 1.54) is 12.1 Å². The van der Waals surface area contributed by atoms with Gasteiger partial charge in [-0.25, -0.2) is 0 Å². The Morgan fingerprint density at radius 3 is 2.71 bits per heavy atom. The van der Waals surface area contributed by atoms with Crippen LogP contribution in [-0.2, 0) is 11.2 Å². The molecule has 0 radical (unpaired) electrons. The molecule has 6 nitrogen and oxygen atoms in total. The van der Waals surface area contributed by atoms with E-state index in [4.69, 9.17) is 5.73 Å². The van der Waals surface area contributed by atoms with E-state index in [9.17, 15) is 14.9 Å². The molecule has 0 unspecified atom stereocenters. The lowest BCUT2D eigenvalue weighted by atomic mass is 9.97. The Balaban J connectivity index is 1.89. The van der Waals surface area contributed by atoms with Gasteiger partial charge in [0.2, 0.25) is 5.91 Å². The SMILES string of the molecule is NCC1(NC(=O)CCc2cccc([N+](=O)[O-])c2)CCCC1. The molecular weight excluding hydrogens is 270 g/mol. The standard InChI is InChI=1S/C15H21N3O3/c16-11-15(8-1-2-9-15)17-14(19)7-6-12-4-3-5-13(10-12)18(20)21/h3-5,10H,1-2,6-9,11,16H2,(H,17,19). The van der Waals surface area contributed by atoms with Gasteiger partial charge in [-0.05, 0) is 24.8 Å². The predicted molar refractivity (Wildman–Crippen MR) is 79.8 cm³/mol. The average Bonchev–Trinajstić information content (AvgIpc) is 2.94. The zero-order valence-corrected chi connectivity index (χ0v) is 12.0. The highest BCUT2D eigenvalue weighted by molar-refractivity contribution is 5.77. The second kappa shape index (κ2) is 6.67. The number of nitrogens with one attached hydrogen (secondary N) is 1. The predicted octanol–water partition coefficient (Wildman–Crippen LogP) is 1.92. The molecule has 6 heteroatoms. The third kappa shape index (κ3) is 4.01. The number of aryl methyl sites for hydroxylation is 1. The fourth-order valence-corrected chi connectivity index (χ4v) is 2.87. The minimum Gasteiger partial charge on any atom is -0.349 e. The molecule has 3 N–H and O–H groups in total. The molecule has 1 aromatic carbocycles. The number of amides is 1. The summed E-state index contributed by atoms with van der Waals surface area (Å²) in [6, 6.07) is 6.41. The zero-order valence-electron chi connectivity index (χ0n) is 12.0. The van der Waals surface area contributed by atoms with Gasteiger partial charge < -0.3 is 11.1 Å². The molecule has 2 rings (SSSR count). The summed E-state index contributed by atoms with van der Waals surface area (Å²) in [6.45, 7) is 0.468. The van der Waals surface area contributed by atoms with Crippen LogP contribution < -0.4 is 11.1 Å². The highest BCUT2D eigenvalue weighted by Crippen LogP contribution is 2.28. The van der Waals surface area contributed by atoms with Crippen molar-refractivity contribution in [3.05, 3.63) is 39.9 Å². The minimum absolute atomic E-state index is 0.0335. The highest BCUT2D eigenvalue weighted by Gasteiger charge is 2.33. The number of hydrogen-bond acceptors (Lipinski definition) is 4. The quantitative estimate of drug-likeness (QED) is 0.618. The molecular formula is C15H21N3O3. The number of benzene rings is 1. The largest absolute Gasteiger partial charge is 0.349 e. The summed E-state index contributed by atoms with van der Waals surface area (Å²) in [7, 11) is 0. The molecule has 0 heterocycles. The number of rotatable bonds is 6. The Bertz CT molecular complexity index is 525. The molecule has 1 aromatic rings. The molecule has 0 spiro atoms. The normalized spacial score (nSPS) is 16.6. The van der Waals surface area contributed by atoms with Crippen molar-refractivity contribution in [2.24, 2.45) is 5.73 Å². The van der Waals surface area contributed by atoms with Crippen molar-refractivity contribution in [3.63, 3.8) is 0 Å². The minimum atomic E-state index is -0.425. The van der Waals surface area contributed by atoms with E-state index >= 15 is 0 Å². The van der Waals surface area contributed by atoms with E-state index in [1.807, 2.05) is 0 Å². The van der Waals surface area contributed by atoms with Gasteiger partial charge in [-0.1, -0.05) is 25.0 Å². The van der Waals surface area contributed by atoms with Crippen molar-refractivity contribution < 1.29 is 9.72 Å². The fraction of sp³-hybridized carbons (Fsp3) is 0.533. The van der Waals surface area contributed by atoms with Crippen molar-refractivity contribution in [1.82, 2.24) is 5.32 Å². The van der Waals surface area contributed by atoms with Gasteiger partial charge in [0.1, 0.15) is 0 Å². The molecule has 1 saturated carbocycles. The maximum Gasteiger partial charge on any atom is 0.269 e. The maximum absolute atomic E-state index is 12.1. The first kappa shape index (κ1) is 15.4. The maximum atomic E-state index is 12.1. The van der Waals surface area contributed by atoms with Crippen LogP contribution in [0.1, 0.15) is 37.7 Å². The monoisotopic (exact) mass is 291 g/mol. The molecule has 1 aliphatic carbocycles. The first-order chi connectivity index (χ1) is 10.0. The molecule has 0 bridgehead atoms. The van der Waals surface area contributed by atoms with E-state index in [1.54, 1.807) is 12.1 Å². The van der Waals surface area contributed by atoms with Crippen LogP contribution in [0.4, 0.5) is 5.69 Å². The first-order valence-electron chi connectivity index (χ1n) is 7.29. The lowest BCUT2D eigenvalue weighted by Gasteiger charge is -2.28. The number of carbonyl (C=O) groups is 1. The van der Waals surface area contributed by atoms with Crippen molar-refractivity contribution in [1.29, 1.82) is 0 Å². The van der Waals surface area contributed by atoms with Gasteiger partial charge in [0.25, 0.3) is 5.69 Å². The third-order valence-corrected chi connectivity index (χ3v) is 4.12. The number of nitro groups is 1. The van der Waals surface area contributed by atoms with Crippen LogP contribution in [0.25, 0.3) is 0 Å². The topological polar surface area (TPSA) is 98.3 Å². The zero-order chi connectivity index (χ0) is 15.3. The summed E-state index contributed by atoms with van der Waals surface area (Å²) in [5.74, 6) is -0.0335. The van der Waals surface area contributed by atoms with Crippen LogP contribution in [0, 0.1) is 10.1 Å². The third-order valence-electron chi connectivity index (χ3n) is 4.12. The second-order valence-corrected chi connectivity index (χ2v) is 5.67. The molecule has 0 atom stereocenters. The lowest BCUT2D eigenvalue weighted by Crippen LogP contribution is -2.51. The average molecular weight is 291 g/mol. The molecule has 0 aliphatic heterocycles. The Hall–Kier alpha value is -1.95. The molecule has 0 aromatic heterocycles. The number of non-ortho nitro benzene ring substituents is 1. The van der Waals surface area contributed by atoms with Crippen LogP contribution in [0.15, 0.2) is 24.3 Å². The molecule has 1 amide bonds. The molecule has 21 heavy (non-hydrogen) atoms. The summed E-state index contributed by atoms with van der Waals surface area (Å²) in [5, 5.41) is 13.8. The van der Waals surface area contributed by atoms with Gasteiger partial charge in [-0.3, -0.25) is 14.9 Å². The van der Waals surface area contributed by atoms with Crippen molar-refractivity contribution in [2.75, 3.05) is 6.54 Å². The summed E-state index contributed by atoms with van der Waals surface area (Å²) >= 11 is 0. The molecule has 1 aliphatic rings. The van der Waals surface area contributed by atoms with Gasteiger partial charge >= 0.3 is 0 Å². The summed E-state index contributed by atoms with van der Waals surface area (Å²) < 4.78 is 0. The van der Waals surface area contributed by atoms with E-state index in [-0.39, 0.29) is 17.1 Å². The second-order valence-electron chi connectivity index (χ2n) is 5.67. The number of nitrogens with zero attached hydrogens (tertiary/aromatic N) is 1. The summed E-state index contributed by atoms with van der Waals surface area (Å²) in [5.41, 5.74) is 6.41. The van der Waals surface area contributed by atoms with E-state index < -0.39 is 4.92 Å². The van der Waals surface area contributed by atoms with E-state index in [2.05, 4.69) is 5.32 Å². The summed E-state index contributed by atoms with van der Waals surface area (Å²) in [4.78, 5) is 22.3. The number of carbonyl (C=O) groups excluding carboxylic acids is 1. The molecule has 1 fully saturated rings. The number of nitro benzene ring substituents is 1. The van der Waals surface area contributed by atoms with Crippen LogP contribution >= 0.6 is 0 Å². The fourth-order valence-electron chi connectivity index (χ4n) is 2.87. The van der Waals surface area contributed by atoms with Crippen molar-refractivity contribution in [2.45, 2.75) is 44.1 Å². The smallest absolute Gasteiger partial charge is 0.269 e. The molecule has 0 saturated heterocycles.